The standard InChI is InChI=1S/C24H23F5N8O.CH2O2/c1-2-13-7-14(3-4-16(13)23(38)34-15-8-30-9-15)33-21-22-32-10-18(37(22)6-5-31-21)17-11-36(12-19(25)26)35-20(17)24(27,28)29;2-1-3/h3-7,10-11,15,19,30H,2,8-9,12H2,1H3,(H,31,33)(H,34,38);1H,(H,2,3). The van der Waals surface area contributed by atoms with Gasteiger partial charge in [0, 0.05) is 42.9 Å². The summed E-state index contributed by atoms with van der Waals surface area (Å²) in [6, 6.07) is 5.31. The maximum atomic E-state index is 13.7. The Morgan fingerprint density at radius 3 is 2.61 bits per heavy atom. The van der Waals surface area contributed by atoms with E-state index in [0.717, 1.165) is 24.8 Å². The molecule has 1 amide bonds. The molecule has 0 saturated carbocycles. The van der Waals surface area contributed by atoms with Crippen LogP contribution in [0.2, 0.25) is 0 Å². The molecule has 1 fully saturated rings. The average Bonchev–Trinajstić information content (AvgIpc) is 3.51. The quantitative estimate of drug-likeness (QED) is 0.183. The van der Waals surface area contributed by atoms with Gasteiger partial charge in [0.1, 0.15) is 6.54 Å². The van der Waals surface area contributed by atoms with E-state index in [1.54, 1.807) is 18.2 Å². The maximum Gasteiger partial charge on any atom is 0.435 e. The zero-order chi connectivity index (χ0) is 29.7. The first-order chi connectivity index (χ1) is 19.5. The summed E-state index contributed by atoms with van der Waals surface area (Å²) < 4.78 is 68.6. The summed E-state index contributed by atoms with van der Waals surface area (Å²) in [5.74, 6) is 0.0953. The molecule has 1 aliphatic heterocycles. The number of hydrogen-bond acceptors (Lipinski definition) is 7. The second kappa shape index (κ2) is 12.3. The van der Waals surface area contributed by atoms with Gasteiger partial charge in [0.25, 0.3) is 18.8 Å². The van der Waals surface area contributed by atoms with Crippen LogP contribution in [-0.4, -0.2) is 67.2 Å². The second-order valence-electron chi connectivity index (χ2n) is 8.90. The van der Waals surface area contributed by atoms with Crippen LogP contribution in [0, 0.1) is 0 Å². The van der Waals surface area contributed by atoms with Crippen molar-refractivity contribution in [2.75, 3.05) is 18.4 Å². The highest BCUT2D eigenvalue weighted by Gasteiger charge is 2.38. The molecule has 0 radical (unpaired) electrons. The summed E-state index contributed by atoms with van der Waals surface area (Å²) in [6.07, 6.45) is -2.19. The molecule has 1 aromatic carbocycles. The van der Waals surface area contributed by atoms with Crippen LogP contribution in [0.3, 0.4) is 0 Å². The highest BCUT2D eigenvalue weighted by atomic mass is 19.4. The number of aromatic nitrogens is 5. The molecule has 0 bridgehead atoms. The third kappa shape index (κ3) is 6.59. The number of nitrogens with zero attached hydrogens (tertiary/aromatic N) is 5. The number of carbonyl (C=O) groups is 2. The summed E-state index contributed by atoms with van der Waals surface area (Å²) in [7, 11) is 0. The van der Waals surface area contributed by atoms with Crippen LogP contribution < -0.4 is 16.0 Å². The lowest BCUT2D eigenvalue weighted by Crippen LogP contribution is -2.57. The number of halogens is 5. The van der Waals surface area contributed by atoms with Gasteiger partial charge in [0.05, 0.1) is 23.5 Å². The summed E-state index contributed by atoms with van der Waals surface area (Å²) >= 11 is 0. The van der Waals surface area contributed by atoms with E-state index in [0.29, 0.717) is 22.4 Å². The minimum absolute atomic E-state index is 0.0186. The van der Waals surface area contributed by atoms with E-state index >= 15 is 0 Å². The Morgan fingerprint density at radius 2 is 2.00 bits per heavy atom. The molecule has 0 spiro atoms. The molecule has 1 aliphatic rings. The lowest BCUT2D eigenvalue weighted by molar-refractivity contribution is -0.141. The van der Waals surface area contributed by atoms with E-state index in [2.05, 4.69) is 31.0 Å². The van der Waals surface area contributed by atoms with Gasteiger partial charge in [-0.3, -0.25) is 18.7 Å². The molecule has 0 atom stereocenters. The molecule has 4 N–H and O–H groups in total. The molecule has 5 rings (SSSR count). The van der Waals surface area contributed by atoms with Gasteiger partial charge in [0.2, 0.25) is 0 Å². The van der Waals surface area contributed by atoms with E-state index in [-0.39, 0.29) is 41.1 Å². The summed E-state index contributed by atoms with van der Waals surface area (Å²) in [6.45, 7) is 2.16. The number of carbonyl (C=O) groups excluding carboxylic acids is 1. The number of aryl methyl sites for hydroxylation is 1. The molecule has 1 saturated heterocycles. The van der Waals surface area contributed by atoms with Crippen LogP contribution in [0.25, 0.3) is 16.9 Å². The molecule has 3 aromatic heterocycles. The minimum Gasteiger partial charge on any atom is -0.483 e. The minimum atomic E-state index is -4.86. The van der Waals surface area contributed by atoms with E-state index in [1.165, 1.54) is 23.0 Å². The normalized spacial score (nSPS) is 13.4. The van der Waals surface area contributed by atoms with Gasteiger partial charge in [-0.05, 0) is 30.2 Å². The average molecular weight is 581 g/mol. The SMILES string of the molecule is CCc1cc(Nc2nccn3c(-c4cn(CC(F)F)nc4C(F)(F)F)cnc23)ccc1C(=O)NC1CNC1.O=CO. The predicted molar refractivity (Wildman–Crippen MR) is 137 cm³/mol. The smallest absolute Gasteiger partial charge is 0.435 e. The molecule has 41 heavy (non-hydrogen) atoms. The number of anilines is 2. The molecular weight excluding hydrogens is 555 g/mol. The van der Waals surface area contributed by atoms with Crippen molar-refractivity contribution < 1.29 is 36.6 Å². The van der Waals surface area contributed by atoms with E-state index in [4.69, 9.17) is 9.90 Å². The Hall–Kier alpha value is -4.60. The number of rotatable bonds is 8. The topological polar surface area (TPSA) is 138 Å². The van der Waals surface area contributed by atoms with Crippen molar-refractivity contribution in [2.45, 2.75) is 38.5 Å². The number of hydrogen-bond donors (Lipinski definition) is 4. The summed E-state index contributed by atoms with van der Waals surface area (Å²) in [5, 5.41) is 19.4. The van der Waals surface area contributed by atoms with E-state index in [9.17, 15) is 26.7 Å². The number of imidazole rings is 1. The molecule has 16 heteroatoms. The van der Waals surface area contributed by atoms with Gasteiger partial charge in [-0.15, -0.1) is 0 Å². The Morgan fingerprint density at radius 1 is 1.27 bits per heavy atom. The number of alkyl halides is 5. The predicted octanol–water partition coefficient (Wildman–Crippen LogP) is 3.59. The van der Waals surface area contributed by atoms with Crippen LogP contribution in [0.4, 0.5) is 33.5 Å². The molecule has 0 unspecified atom stereocenters. The van der Waals surface area contributed by atoms with Gasteiger partial charge < -0.3 is 21.1 Å². The Kier molecular flexibility index (Phi) is 8.80. The number of carboxylic acid groups (broad SMARTS) is 1. The summed E-state index contributed by atoms with van der Waals surface area (Å²) in [5.41, 5.74) is 0.532. The Balaban J connectivity index is 0.00000124. The molecule has 0 aliphatic carbocycles. The monoisotopic (exact) mass is 580 g/mol. The van der Waals surface area contributed by atoms with Crippen LogP contribution in [-0.2, 0) is 23.9 Å². The zero-order valence-corrected chi connectivity index (χ0v) is 21.5. The zero-order valence-electron chi connectivity index (χ0n) is 21.5. The Labute approximate surface area is 229 Å². The van der Waals surface area contributed by atoms with E-state index in [1.807, 2.05) is 6.92 Å². The fourth-order valence-corrected chi connectivity index (χ4v) is 4.24. The van der Waals surface area contributed by atoms with Crippen molar-refractivity contribution in [1.82, 2.24) is 34.8 Å². The van der Waals surface area contributed by atoms with Crippen molar-refractivity contribution in [3.8, 4) is 11.3 Å². The van der Waals surface area contributed by atoms with Crippen LogP contribution in [0.15, 0.2) is 43.0 Å². The molecule has 11 nitrogen and oxygen atoms in total. The lowest BCUT2D eigenvalue weighted by atomic mass is 10.0. The van der Waals surface area contributed by atoms with Gasteiger partial charge >= 0.3 is 6.18 Å². The summed E-state index contributed by atoms with van der Waals surface area (Å²) in [4.78, 5) is 29.5. The van der Waals surface area contributed by atoms with Crippen molar-refractivity contribution in [2.24, 2.45) is 0 Å². The number of benzene rings is 1. The van der Waals surface area contributed by atoms with Gasteiger partial charge in [-0.25, -0.2) is 18.7 Å². The number of fused-ring (bicyclic) bond motifs is 1. The molecular formula is C25H25F5N8O3. The first-order valence-corrected chi connectivity index (χ1v) is 12.3. The maximum absolute atomic E-state index is 13.7. The first-order valence-electron chi connectivity index (χ1n) is 12.3. The number of nitrogens with one attached hydrogen (secondary N) is 3. The van der Waals surface area contributed by atoms with Crippen molar-refractivity contribution >= 4 is 29.5 Å². The third-order valence-corrected chi connectivity index (χ3v) is 6.17. The van der Waals surface area contributed by atoms with Crippen LogP contribution in [0.5, 0.6) is 0 Å². The largest absolute Gasteiger partial charge is 0.483 e. The van der Waals surface area contributed by atoms with Gasteiger partial charge in [-0.1, -0.05) is 6.92 Å². The molecule has 4 heterocycles. The van der Waals surface area contributed by atoms with Gasteiger partial charge in [-0.2, -0.15) is 18.3 Å². The molecule has 4 aromatic rings. The van der Waals surface area contributed by atoms with Crippen molar-refractivity contribution in [3.05, 3.63) is 59.8 Å². The van der Waals surface area contributed by atoms with E-state index < -0.39 is 24.8 Å². The lowest BCUT2D eigenvalue weighted by Gasteiger charge is -2.28. The van der Waals surface area contributed by atoms with Crippen LogP contribution in [0.1, 0.15) is 28.5 Å². The van der Waals surface area contributed by atoms with Crippen LogP contribution >= 0.6 is 0 Å². The van der Waals surface area contributed by atoms with Crippen molar-refractivity contribution in [1.29, 1.82) is 0 Å². The highest BCUT2D eigenvalue weighted by molar-refractivity contribution is 5.96. The third-order valence-electron chi connectivity index (χ3n) is 6.17. The van der Waals surface area contributed by atoms with Gasteiger partial charge in [0.15, 0.2) is 17.2 Å². The Bertz CT molecular complexity index is 1530. The fourth-order valence-electron chi connectivity index (χ4n) is 4.24. The molecule has 218 valence electrons. The number of amides is 1. The second-order valence-corrected chi connectivity index (χ2v) is 8.90. The first kappa shape index (κ1) is 29.4. The van der Waals surface area contributed by atoms with Crippen molar-refractivity contribution in [3.63, 3.8) is 0 Å². The highest BCUT2D eigenvalue weighted by Crippen LogP contribution is 2.37. The fraction of sp³-hybridized carbons (Fsp3) is 0.320.